The molecular formula is C17H29N3. The molecule has 1 aliphatic rings. The number of likely N-dealkylation sites (tertiary alicyclic amines) is 1. The number of unbranched alkanes of at least 4 members (excludes halogenated alkanes) is 2. The Morgan fingerprint density at radius 1 is 1.30 bits per heavy atom. The van der Waals surface area contributed by atoms with Crippen LogP contribution in [0.3, 0.4) is 0 Å². The molecule has 2 heterocycles. The van der Waals surface area contributed by atoms with E-state index in [0.717, 1.165) is 12.4 Å². The fourth-order valence-electron chi connectivity index (χ4n) is 3.03. The number of anilines is 1. The van der Waals surface area contributed by atoms with Gasteiger partial charge < -0.3 is 5.32 Å². The van der Waals surface area contributed by atoms with Gasteiger partial charge in [-0.2, -0.15) is 0 Å². The summed E-state index contributed by atoms with van der Waals surface area (Å²) < 4.78 is 0. The molecule has 20 heavy (non-hydrogen) atoms. The van der Waals surface area contributed by atoms with E-state index in [0.29, 0.717) is 6.04 Å². The van der Waals surface area contributed by atoms with E-state index in [-0.39, 0.29) is 0 Å². The van der Waals surface area contributed by atoms with Gasteiger partial charge in [-0.15, -0.1) is 0 Å². The average Bonchev–Trinajstić information content (AvgIpc) is 2.94. The van der Waals surface area contributed by atoms with E-state index in [2.05, 4.69) is 41.2 Å². The van der Waals surface area contributed by atoms with Crippen molar-refractivity contribution in [1.82, 2.24) is 9.88 Å². The van der Waals surface area contributed by atoms with Crippen molar-refractivity contribution >= 4 is 5.82 Å². The third-order valence-electron chi connectivity index (χ3n) is 4.18. The first-order valence-corrected chi connectivity index (χ1v) is 8.29. The summed E-state index contributed by atoms with van der Waals surface area (Å²) in [6, 6.07) is 4.91. The highest BCUT2D eigenvalue weighted by molar-refractivity contribution is 5.46. The van der Waals surface area contributed by atoms with Crippen LogP contribution in [0.5, 0.6) is 0 Å². The molecule has 0 amide bonds. The molecule has 0 unspecified atom stereocenters. The molecule has 3 heteroatoms. The lowest BCUT2D eigenvalue weighted by molar-refractivity contribution is 0.253. The smallest absolute Gasteiger partial charge is 0.130 e. The van der Waals surface area contributed by atoms with Gasteiger partial charge in [0.2, 0.25) is 0 Å². The standard InChI is InChI=1S/C17H29N3/c1-3-5-11-18-17-15(9-7-12-19-17)16-10-8-14-20(16)13-6-4-2/h7,9,12,16H,3-6,8,10-11,13-14H2,1-2H3,(H,18,19)/t16-/m1/s1. The molecular weight excluding hydrogens is 246 g/mol. The summed E-state index contributed by atoms with van der Waals surface area (Å²) in [7, 11) is 0. The Morgan fingerprint density at radius 3 is 2.95 bits per heavy atom. The highest BCUT2D eigenvalue weighted by atomic mass is 15.2. The van der Waals surface area contributed by atoms with E-state index in [1.807, 2.05) is 6.20 Å². The van der Waals surface area contributed by atoms with Crippen molar-refractivity contribution in [3.63, 3.8) is 0 Å². The Balaban J connectivity index is 2.06. The van der Waals surface area contributed by atoms with Crippen LogP contribution in [0, 0.1) is 0 Å². The quantitative estimate of drug-likeness (QED) is 0.720. The molecule has 1 aromatic rings. The summed E-state index contributed by atoms with van der Waals surface area (Å²) in [5, 5.41) is 3.53. The van der Waals surface area contributed by atoms with E-state index < -0.39 is 0 Å². The van der Waals surface area contributed by atoms with Gasteiger partial charge >= 0.3 is 0 Å². The van der Waals surface area contributed by atoms with Crippen LogP contribution in [0.4, 0.5) is 5.82 Å². The minimum Gasteiger partial charge on any atom is -0.370 e. The van der Waals surface area contributed by atoms with Crippen LogP contribution in [0.1, 0.15) is 64.0 Å². The van der Waals surface area contributed by atoms with E-state index in [1.165, 1.54) is 57.2 Å². The van der Waals surface area contributed by atoms with E-state index in [1.54, 1.807) is 0 Å². The summed E-state index contributed by atoms with van der Waals surface area (Å²) in [6.45, 7) is 8.00. The summed E-state index contributed by atoms with van der Waals surface area (Å²) in [6.07, 6.45) is 9.51. The first-order chi connectivity index (χ1) is 9.86. The lowest BCUT2D eigenvalue weighted by atomic mass is 10.0. The van der Waals surface area contributed by atoms with Crippen LogP contribution in [-0.4, -0.2) is 29.5 Å². The fraction of sp³-hybridized carbons (Fsp3) is 0.706. The first-order valence-electron chi connectivity index (χ1n) is 8.29. The molecule has 1 fully saturated rings. The largest absolute Gasteiger partial charge is 0.370 e. The van der Waals surface area contributed by atoms with Gasteiger partial charge in [0.25, 0.3) is 0 Å². The molecule has 2 rings (SSSR count). The molecule has 0 aromatic carbocycles. The Kier molecular flexibility index (Phi) is 6.31. The second-order valence-electron chi connectivity index (χ2n) is 5.77. The number of pyridine rings is 1. The maximum Gasteiger partial charge on any atom is 0.130 e. The monoisotopic (exact) mass is 275 g/mol. The molecule has 0 saturated carbocycles. The first kappa shape index (κ1) is 15.3. The summed E-state index contributed by atoms with van der Waals surface area (Å²) in [4.78, 5) is 7.22. The van der Waals surface area contributed by atoms with Crippen molar-refractivity contribution in [3.05, 3.63) is 23.9 Å². The second kappa shape index (κ2) is 8.25. The van der Waals surface area contributed by atoms with Crippen molar-refractivity contribution in [2.45, 2.75) is 58.4 Å². The number of rotatable bonds is 8. The van der Waals surface area contributed by atoms with Gasteiger partial charge in [0.1, 0.15) is 5.82 Å². The topological polar surface area (TPSA) is 28.2 Å². The molecule has 112 valence electrons. The molecule has 0 spiro atoms. The Labute approximate surface area is 123 Å². The predicted molar refractivity (Wildman–Crippen MR) is 86.1 cm³/mol. The molecule has 3 nitrogen and oxygen atoms in total. The average molecular weight is 275 g/mol. The fourth-order valence-corrected chi connectivity index (χ4v) is 3.03. The molecule has 0 radical (unpaired) electrons. The predicted octanol–water partition coefficient (Wildman–Crippen LogP) is 4.23. The zero-order valence-electron chi connectivity index (χ0n) is 13.1. The molecule has 0 bridgehead atoms. The van der Waals surface area contributed by atoms with Crippen molar-refractivity contribution in [3.8, 4) is 0 Å². The summed E-state index contributed by atoms with van der Waals surface area (Å²) >= 11 is 0. The zero-order valence-corrected chi connectivity index (χ0v) is 13.1. The highest BCUT2D eigenvalue weighted by Crippen LogP contribution is 2.35. The molecule has 1 N–H and O–H groups in total. The molecule has 1 aromatic heterocycles. The molecule has 1 atom stereocenters. The maximum absolute atomic E-state index is 4.57. The van der Waals surface area contributed by atoms with Crippen molar-refractivity contribution < 1.29 is 0 Å². The highest BCUT2D eigenvalue weighted by Gasteiger charge is 2.27. The zero-order chi connectivity index (χ0) is 14.2. The van der Waals surface area contributed by atoms with Gasteiger partial charge in [0, 0.05) is 24.3 Å². The van der Waals surface area contributed by atoms with E-state index in [4.69, 9.17) is 0 Å². The Morgan fingerprint density at radius 2 is 2.15 bits per heavy atom. The minimum absolute atomic E-state index is 0.569. The van der Waals surface area contributed by atoms with Crippen molar-refractivity contribution in [1.29, 1.82) is 0 Å². The number of aromatic nitrogens is 1. The number of nitrogens with one attached hydrogen (secondary N) is 1. The van der Waals surface area contributed by atoms with Crippen LogP contribution in [-0.2, 0) is 0 Å². The van der Waals surface area contributed by atoms with Crippen LogP contribution >= 0.6 is 0 Å². The maximum atomic E-state index is 4.57. The molecule has 1 aliphatic heterocycles. The normalized spacial score (nSPS) is 19.4. The van der Waals surface area contributed by atoms with E-state index >= 15 is 0 Å². The van der Waals surface area contributed by atoms with Crippen LogP contribution in [0.15, 0.2) is 18.3 Å². The van der Waals surface area contributed by atoms with Gasteiger partial charge in [-0.25, -0.2) is 4.98 Å². The number of hydrogen-bond donors (Lipinski definition) is 1. The summed E-state index contributed by atoms with van der Waals surface area (Å²) in [5.41, 5.74) is 1.40. The minimum atomic E-state index is 0.569. The number of hydrogen-bond acceptors (Lipinski definition) is 3. The van der Waals surface area contributed by atoms with Gasteiger partial charge in [0.15, 0.2) is 0 Å². The summed E-state index contributed by atoms with van der Waals surface area (Å²) in [5.74, 6) is 1.11. The van der Waals surface area contributed by atoms with Crippen LogP contribution in [0.2, 0.25) is 0 Å². The van der Waals surface area contributed by atoms with Crippen LogP contribution < -0.4 is 5.32 Å². The lowest BCUT2D eigenvalue weighted by Gasteiger charge is -2.26. The van der Waals surface area contributed by atoms with Crippen molar-refractivity contribution in [2.24, 2.45) is 0 Å². The SMILES string of the molecule is CCCCNc1ncccc1[C@H]1CCCN1CCCC. The van der Waals surface area contributed by atoms with Gasteiger partial charge in [-0.05, 0) is 44.8 Å². The Bertz CT molecular complexity index is 392. The van der Waals surface area contributed by atoms with Crippen LogP contribution in [0.25, 0.3) is 0 Å². The van der Waals surface area contributed by atoms with Gasteiger partial charge in [-0.3, -0.25) is 4.90 Å². The van der Waals surface area contributed by atoms with Gasteiger partial charge in [0.05, 0.1) is 0 Å². The second-order valence-corrected chi connectivity index (χ2v) is 5.77. The molecule has 1 saturated heterocycles. The Hall–Kier alpha value is -1.09. The number of nitrogens with zero attached hydrogens (tertiary/aromatic N) is 2. The third kappa shape index (κ3) is 3.95. The van der Waals surface area contributed by atoms with Crippen molar-refractivity contribution in [2.75, 3.05) is 25.0 Å². The lowest BCUT2D eigenvalue weighted by Crippen LogP contribution is -2.25. The molecule has 0 aliphatic carbocycles. The van der Waals surface area contributed by atoms with Gasteiger partial charge in [-0.1, -0.05) is 32.8 Å². The van der Waals surface area contributed by atoms with E-state index in [9.17, 15) is 0 Å². The third-order valence-corrected chi connectivity index (χ3v) is 4.18.